The first-order valence-electron chi connectivity index (χ1n) is 11.7. The molecular formula is C19H30N6O12P2. The maximum absolute atomic E-state index is 12.6. The third kappa shape index (κ3) is 6.64. The van der Waals surface area contributed by atoms with Gasteiger partial charge in [0.25, 0.3) is 0 Å². The molecule has 2 fully saturated rings. The molecule has 0 radical (unpaired) electrons. The van der Waals surface area contributed by atoms with Crippen molar-refractivity contribution in [2.45, 2.75) is 62.7 Å². The van der Waals surface area contributed by atoms with Crippen molar-refractivity contribution in [1.29, 1.82) is 0 Å². The zero-order valence-electron chi connectivity index (χ0n) is 20.7. The standard InChI is InChI=1S/C19H30N6O12P2/c1-8-14(27)12(24-9(2)26)10(36-8)3-34-38(30,31)7-39(32,33)35-4-11-15(28)16(29)19(37-11)25-6-23-13-17(20)21-5-22-18(13)25/h5-6,8,10-12,14-16,19,27-29H,3-4,7H2,1-2H3,(H,24,26)(H,30,31)(H,32,33)(H2,20,21,22)/t8?,10-,11-,12+,14?,15?,16?,19-/m1/s1. The number of aromatic nitrogens is 4. The minimum absolute atomic E-state index is 0.0827. The van der Waals surface area contributed by atoms with E-state index in [1.807, 2.05) is 0 Å². The Morgan fingerprint density at radius 3 is 2.33 bits per heavy atom. The van der Waals surface area contributed by atoms with Gasteiger partial charge < -0.3 is 54.7 Å². The monoisotopic (exact) mass is 596 g/mol. The van der Waals surface area contributed by atoms with Crippen LogP contribution in [0.5, 0.6) is 0 Å². The van der Waals surface area contributed by atoms with Gasteiger partial charge in [-0.1, -0.05) is 0 Å². The minimum atomic E-state index is -4.79. The van der Waals surface area contributed by atoms with Crippen molar-refractivity contribution in [2.75, 3.05) is 24.9 Å². The molecule has 8 N–H and O–H groups in total. The highest BCUT2D eigenvalue weighted by Crippen LogP contribution is 2.58. The van der Waals surface area contributed by atoms with Crippen LogP contribution in [-0.2, 0) is 32.4 Å². The van der Waals surface area contributed by atoms with Gasteiger partial charge in [-0.2, -0.15) is 0 Å². The number of ether oxygens (including phenoxy) is 2. The number of amides is 1. The number of nitrogens with zero attached hydrogens (tertiary/aromatic N) is 4. The summed E-state index contributed by atoms with van der Waals surface area (Å²) in [5.41, 5.74) is 6.19. The molecule has 2 saturated heterocycles. The highest BCUT2D eigenvalue weighted by molar-refractivity contribution is 7.70. The van der Waals surface area contributed by atoms with Crippen LogP contribution in [0.1, 0.15) is 20.1 Å². The van der Waals surface area contributed by atoms with E-state index in [4.69, 9.17) is 24.3 Å². The van der Waals surface area contributed by atoms with Gasteiger partial charge in [0.05, 0.1) is 31.7 Å². The second-order valence-corrected chi connectivity index (χ2v) is 13.4. The number of aliphatic hydroxyl groups is 3. The van der Waals surface area contributed by atoms with Crippen molar-refractivity contribution in [3.63, 3.8) is 0 Å². The molecule has 2 aromatic heterocycles. The number of hydrogen-bond donors (Lipinski definition) is 7. The predicted octanol–water partition coefficient (Wildman–Crippen LogP) is -1.96. The molecular weight excluding hydrogens is 566 g/mol. The molecule has 2 aliphatic rings. The van der Waals surface area contributed by atoms with Crippen LogP contribution in [0.2, 0.25) is 0 Å². The molecule has 6 unspecified atom stereocenters. The fourth-order valence-corrected chi connectivity index (χ4v) is 7.57. The second-order valence-electron chi connectivity index (χ2n) is 9.23. The van der Waals surface area contributed by atoms with Gasteiger partial charge in [-0.3, -0.25) is 18.5 Å². The lowest BCUT2D eigenvalue weighted by molar-refractivity contribution is -0.120. The summed E-state index contributed by atoms with van der Waals surface area (Å²) in [6.07, 6.45) is -5.97. The molecule has 20 heteroatoms. The Morgan fingerprint density at radius 2 is 1.69 bits per heavy atom. The van der Waals surface area contributed by atoms with Gasteiger partial charge in [-0.15, -0.1) is 0 Å². The van der Waals surface area contributed by atoms with Gasteiger partial charge in [0.1, 0.15) is 42.4 Å². The zero-order valence-corrected chi connectivity index (χ0v) is 22.5. The van der Waals surface area contributed by atoms with Gasteiger partial charge in [-0.25, -0.2) is 15.0 Å². The van der Waals surface area contributed by atoms with Crippen LogP contribution in [0, 0.1) is 0 Å². The number of nitrogens with one attached hydrogen (secondary N) is 1. The van der Waals surface area contributed by atoms with E-state index in [2.05, 4.69) is 20.3 Å². The van der Waals surface area contributed by atoms with E-state index in [0.717, 1.165) is 0 Å². The first-order chi connectivity index (χ1) is 18.2. The molecule has 10 atom stereocenters. The third-order valence-electron chi connectivity index (χ3n) is 6.25. The van der Waals surface area contributed by atoms with E-state index in [1.54, 1.807) is 0 Å². The lowest BCUT2D eigenvalue weighted by atomic mass is 10.1. The Morgan fingerprint density at radius 1 is 1.05 bits per heavy atom. The summed E-state index contributed by atoms with van der Waals surface area (Å²) in [5.74, 6) is -1.70. The molecule has 18 nitrogen and oxygen atoms in total. The molecule has 4 rings (SSSR count). The Balaban J connectivity index is 1.34. The first-order valence-corrected chi connectivity index (χ1v) is 15.2. The highest BCUT2D eigenvalue weighted by Gasteiger charge is 2.47. The smallest absolute Gasteiger partial charge is 0.340 e. The zero-order chi connectivity index (χ0) is 28.7. The largest absolute Gasteiger partial charge is 0.388 e. The van der Waals surface area contributed by atoms with Crippen molar-refractivity contribution >= 4 is 38.1 Å². The Kier molecular flexibility index (Phi) is 8.76. The van der Waals surface area contributed by atoms with Crippen molar-refractivity contribution in [3.8, 4) is 0 Å². The van der Waals surface area contributed by atoms with Crippen LogP contribution in [0.25, 0.3) is 11.2 Å². The number of anilines is 1. The van der Waals surface area contributed by atoms with Gasteiger partial charge in [-0.05, 0) is 6.92 Å². The van der Waals surface area contributed by atoms with E-state index in [-0.39, 0.29) is 17.0 Å². The molecule has 0 aliphatic carbocycles. The van der Waals surface area contributed by atoms with Gasteiger partial charge >= 0.3 is 15.2 Å². The number of carbonyl (C=O) groups is 1. The molecule has 4 heterocycles. The average molecular weight is 596 g/mol. The van der Waals surface area contributed by atoms with Crippen LogP contribution < -0.4 is 11.1 Å². The van der Waals surface area contributed by atoms with Crippen LogP contribution in [0.3, 0.4) is 0 Å². The van der Waals surface area contributed by atoms with E-state index in [9.17, 15) is 39.0 Å². The topological polar surface area (TPSA) is 271 Å². The summed E-state index contributed by atoms with van der Waals surface area (Å²) in [4.78, 5) is 43.6. The Bertz CT molecular complexity index is 1300. The van der Waals surface area contributed by atoms with Crippen molar-refractivity contribution < 1.29 is 57.6 Å². The van der Waals surface area contributed by atoms with Crippen LogP contribution in [0.4, 0.5) is 5.82 Å². The number of hydrogen-bond acceptors (Lipinski definition) is 14. The van der Waals surface area contributed by atoms with E-state index in [0.29, 0.717) is 0 Å². The van der Waals surface area contributed by atoms with Crippen LogP contribution in [-0.4, -0.2) is 112 Å². The fraction of sp³-hybridized carbons (Fsp3) is 0.684. The number of fused-ring (bicyclic) bond motifs is 1. The van der Waals surface area contributed by atoms with E-state index >= 15 is 0 Å². The van der Waals surface area contributed by atoms with E-state index < -0.39 is 89.1 Å². The molecule has 0 bridgehead atoms. The normalized spacial score (nSPS) is 34.1. The molecule has 0 spiro atoms. The number of rotatable bonds is 10. The van der Waals surface area contributed by atoms with Crippen molar-refractivity contribution in [3.05, 3.63) is 12.7 Å². The summed E-state index contributed by atoms with van der Waals surface area (Å²) >= 11 is 0. The molecule has 0 saturated carbocycles. The SMILES string of the molecule is CC(=O)N[C@@H]1C(O)C(C)O[C@@H]1COP(=O)(O)CP(=O)(O)OC[C@H]1O[C@@H](n2cnc3c(N)ncnc32)C(O)C1O. The summed E-state index contributed by atoms with van der Waals surface area (Å²) in [6.45, 7) is 1.45. The third-order valence-corrected chi connectivity index (χ3v) is 10.2. The average Bonchev–Trinajstić information content (AvgIpc) is 3.47. The maximum atomic E-state index is 12.6. The predicted molar refractivity (Wildman–Crippen MR) is 130 cm³/mol. The number of imidazole rings is 1. The number of aliphatic hydroxyl groups excluding tert-OH is 3. The highest BCUT2D eigenvalue weighted by atomic mass is 31.2. The molecule has 39 heavy (non-hydrogen) atoms. The maximum Gasteiger partial charge on any atom is 0.340 e. The lowest BCUT2D eigenvalue weighted by Crippen LogP contribution is -2.47. The Hall–Kier alpha value is -2.08. The quantitative estimate of drug-likeness (QED) is 0.147. The lowest BCUT2D eigenvalue weighted by Gasteiger charge is -2.23. The van der Waals surface area contributed by atoms with Crippen LogP contribution >= 0.6 is 15.2 Å². The number of nitrogen functional groups attached to an aromatic ring is 1. The summed E-state index contributed by atoms with van der Waals surface area (Å²) in [6, 6.07) is -0.925. The summed E-state index contributed by atoms with van der Waals surface area (Å²) in [7, 11) is -9.53. The summed E-state index contributed by atoms with van der Waals surface area (Å²) < 4.78 is 47.3. The molecule has 2 aliphatic heterocycles. The molecule has 0 aromatic carbocycles. The van der Waals surface area contributed by atoms with E-state index in [1.165, 1.54) is 31.1 Å². The second kappa shape index (κ2) is 11.4. The Labute approximate surface area is 221 Å². The van der Waals surface area contributed by atoms with Gasteiger partial charge in [0, 0.05) is 6.92 Å². The molecule has 218 valence electrons. The first kappa shape index (κ1) is 29.9. The fourth-order valence-electron chi connectivity index (χ4n) is 4.35. The van der Waals surface area contributed by atoms with Gasteiger partial charge in [0.15, 0.2) is 23.6 Å². The van der Waals surface area contributed by atoms with Crippen molar-refractivity contribution in [1.82, 2.24) is 24.8 Å². The number of nitrogens with two attached hydrogens (primary N) is 1. The number of carbonyl (C=O) groups excluding carboxylic acids is 1. The molecule has 2 aromatic rings. The molecule has 1 amide bonds. The van der Waals surface area contributed by atoms with Crippen molar-refractivity contribution in [2.24, 2.45) is 0 Å². The van der Waals surface area contributed by atoms with Gasteiger partial charge in [0.2, 0.25) is 5.91 Å². The van der Waals surface area contributed by atoms with Crippen LogP contribution in [0.15, 0.2) is 12.7 Å². The summed E-state index contributed by atoms with van der Waals surface area (Å²) in [5, 5.41) is 33.5. The minimum Gasteiger partial charge on any atom is -0.388 e.